The molecule has 0 aromatic heterocycles. The van der Waals surface area contributed by atoms with Crippen LogP contribution in [0.25, 0.3) is 0 Å². The van der Waals surface area contributed by atoms with Gasteiger partial charge in [-0.25, -0.2) is 0 Å². The summed E-state index contributed by atoms with van der Waals surface area (Å²) in [5.41, 5.74) is 0. The predicted molar refractivity (Wildman–Crippen MR) is 168 cm³/mol. The van der Waals surface area contributed by atoms with Gasteiger partial charge in [-0.3, -0.25) is 24.5 Å². The van der Waals surface area contributed by atoms with Crippen LogP contribution in [0, 0.1) is 0 Å². The smallest absolute Gasteiger partial charge is 0.100 e. The molecule has 2 aliphatic rings. The lowest BCUT2D eigenvalue weighted by Crippen LogP contribution is -2.46. The van der Waals surface area contributed by atoms with Crippen molar-refractivity contribution in [2.45, 2.75) is 41.5 Å². The number of rotatable bonds is 12. The molecule has 2 bridgehead atoms. The number of fused-ring (bicyclic) bond motifs is 3. The summed E-state index contributed by atoms with van der Waals surface area (Å²) in [5, 5.41) is 0. The zero-order valence-electron chi connectivity index (χ0n) is 25.7. The van der Waals surface area contributed by atoms with Crippen LogP contribution in [0.2, 0.25) is 0 Å². The Morgan fingerprint density at radius 1 is 0.368 bits per heavy atom. The molecule has 2 unspecified atom stereocenters. The highest BCUT2D eigenvalue weighted by Crippen LogP contribution is 2.46. The van der Waals surface area contributed by atoms with Crippen LogP contribution in [0.15, 0.2) is 0 Å². The van der Waals surface area contributed by atoms with Gasteiger partial charge in [0.2, 0.25) is 0 Å². The van der Waals surface area contributed by atoms with Gasteiger partial charge in [0.05, 0.1) is 18.9 Å². The molecule has 0 spiro atoms. The summed E-state index contributed by atoms with van der Waals surface area (Å²) in [6.45, 7) is 24.0. The second-order valence-electron chi connectivity index (χ2n) is 11.5. The molecule has 38 heavy (non-hydrogen) atoms. The Kier molecular flexibility index (Phi) is 15.3. The van der Waals surface area contributed by atoms with Gasteiger partial charge in [-0.15, -0.1) is 0 Å². The lowest BCUT2D eigenvalue weighted by molar-refractivity contribution is 0.155. The van der Waals surface area contributed by atoms with E-state index >= 15 is 0 Å². The summed E-state index contributed by atoms with van der Waals surface area (Å²) >= 11 is 0. The fourth-order valence-electron chi connectivity index (χ4n) is 5.49. The monoisotopic (exact) mass is 595 g/mol. The fourth-order valence-corrected chi connectivity index (χ4v) is 11.1. The maximum Gasteiger partial charge on any atom is 0.100 e. The van der Waals surface area contributed by atoms with Crippen molar-refractivity contribution in [3.8, 4) is 0 Å². The van der Waals surface area contributed by atoms with Crippen LogP contribution in [0.4, 0.5) is 0 Å². The highest BCUT2D eigenvalue weighted by atomic mass is 31.2. The minimum atomic E-state index is -2.19. The third-order valence-electron chi connectivity index (χ3n) is 9.23. The lowest BCUT2D eigenvalue weighted by Gasteiger charge is -2.35. The van der Waals surface area contributed by atoms with E-state index in [1.54, 1.807) is 0 Å². The van der Waals surface area contributed by atoms with Crippen LogP contribution >= 0.6 is 21.4 Å². The fraction of sp³-hybridized carbons (Fsp3) is 1.00. The normalized spacial score (nSPS) is 24.8. The molecule has 2 heterocycles. The molecule has 0 amide bonds. The van der Waals surface area contributed by atoms with Gasteiger partial charge in [0.15, 0.2) is 0 Å². The zero-order chi connectivity index (χ0) is 28.2. The van der Waals surface area contributed by atoms with E-state index in [1.165, 1.54) is 0 Å². The predicted octanol–water partition coefficient (Wildman–Crippen LogP) is 4.60. The van der Waals surface area contributed by atoms with Crippen LogP contribution in [0.1, 0.15) is 41.5 Å². The third kappa shape index (κ3) is 11.4. The summed E-state index contributed by atoms with van der Waals surface area (Å²) in [6, 6.07) is 0. The molecular weight excluding hydrogens is 535 g/mol. The number of hydrogen-bond donors (Lipinski definition) is 0. The summed E-state index contributed by atoms with van der Waals surface area (Å²) < 4.78 is 40.3. The Labute approximate surface area is 235 Å². The van der Waals surface area contributed by atoms with Crippen LogP contribution in [-0.4, -0.2) is 159 Å². The molecule has 2 saturated heterocycles. The molecule has 0 radical (unpaired) electrons. The summed E-state index contributed by atoms with van der Waals surface area (Å²) in [5.74, 6) is 0. The summed E-state index contributed by atoms with van der Waals surface area (Å²) in [6.07, 6.45) is 6.69. The van der Waals surface area contributed by atoms with Gasteiger partial charge in [0.25, 0.3) is 0 Å². The van der Waals surface area contributed by atoms with Crippen LogP contribution in [0.3, 0.4) is 0 Å². The minimum absolute atomic E-state index is 0.690. The minimum Gasteiger partial charge on any atom is -0.322 e. The van der Waals surface area contributed by atoms with E-state index < -0.39 is 21.4 Å². The summed E-state index contributed by atoms with van der Waals surface area (Å²) in [7, 11) is -6.53. The standard InChI is InChI=1S/C27H60N5O3P3/c1-7-36(33,8-2)25-30-19-15-28-13-14-29(16-20-30)18-22-32(27-38(35,11-5)12-6)24-23-31(21-17-28)26-37(34,9-3)10-4/h7-27H2,1-6H3. The second-order valence-corrected chi connectivity index (χ2v) is 22.5. The Morgan fingerprint density at radius 2 is 0.553 bits per heavy atom. The van der Waals surface area contributed by atoms with E-state index in [1.807, 2.05) is 0 Å². The highest BCUT2D eigenvalue weighted by Gasteiger charge is 2.28. The van der Waals surface area contributed by atoms with Crippen molar-refractivity contribution in [1.82, 2.24) is 24.5 Å². The Bertz CT molecular complexity index is 754. The van der Waals surface area contributed by atoms with Gasteiger partial charge < -0.3 is 13.7 Å². The van der Waals surface area contributed by atoms with E-state index in [4.69, 9.17) is 0 Å². The molecular formula is C27H60N5O3P3. The van der Waals surface area contributed by atoms with Gasteiger partial charge in [-0.2, -0.15) is 0 Å². The SMILES string of the molecule is CCP(=O)(CC)CN1CCN2CCN(CC1)CCN(CP(=O)(CC)CC)CCN(CP(=O)(CC)CC)CC2. The van der Waals surface area contributed by atoms with Gasteiger partial charge in [-0.05, 0) is 37.0 Å². The average molecular weight is 596 g/mol. The molecule has 0 aromatic carbocycles. The third-order valence-corrected chi connectivity index (χ3v) is 18.9. The molecule has 2 atom stereocenters. The summed E-state index contributed by atoms with van der Waals surface area (Å²) in [4.78, 5) is 12.5. The van der Waals surface area contributed by atoms with Crippen LogP contribution < -0.4 is 0 Å². The van der Waals surface area contributed by atoms with E-state index in [9.17, 15) is 13.7 Å². The topological polar surface area (TPSA) is 67.4 Å². The molecule has 0 aliphatic carbocycles. The Morgan fingerprint density at radius 3 is 0.763 bits per heavy atom. The molecule has 2 rings (SSSR count). The van der Waals surface area contributed by atoms with Crippen molar-refractivity contribution in [3.63, 3.8) is 0 Å². The van der Waals surface area contributed by atoms with Crippen molar-refractivity contribution < 1.29 is 13.7 Å². The van der Waals surface area contributed by atoms with Crippen LogP contribution in [0.5, 0.6) is 0 Å². The number of hydrogen-bond acceptors (Lipinski definition) is 8. The van der Waals surface area contributed by atoms with Crippen molar-refractivity contribution in [1.29, 1.82) is 0 Å². The maximum atomic E-state index is 13.5. The van der Waals surface area contributed by atoms with Gasteiger partial charge in [-0.1, -0.05) is 41.5 Å². The van der Waals surface area contributed by atoms with Crippen LogP contribution in [-0.2, 0) is 13.7 Å². The first-order valence-corrected chi connectivity index (χ1v) is 22.2. The molecule has 8 nitrogen and oxygen atoms in total. The first-order valence-electron chi connectivity index (χ1n) is 15.4. The van der Waals surface area contributed by atoms with E-state index in [2.05, 4.69) is 66.0 Å². The molecule has 0 N–H and O–H groups in total. The highest BCUT2D eigenvalue weighted by molar-refractivity contribution is 7.64. The van der Waals surface area contributed by atoms with E-state index in [-0.39, 0.29) is 0 Å². The number of nitrogens with zero attached hydrogens (tertiary/aromatic N) is 5. The lowest BCUT2D eigenvalue weighted by atomic mass is 10.3. The Balaban J connectivity index is 2.27. The molecule has 0 aromatic rings. The molecule has 226 valence electrons. The van der Waals surface area contributed by atoms with Crippen molar-refractivity contribution in [3.05, 3.63) is 0 Å². The van der Waals surface area contributed by atoms with E-state index in [0.717, 1.165) is 122 Å². The molecule has 2 aliphatic heterocycles. The first kappa shape index (κ1) is 34.7. The maximum absolute atomic E-state index is 13.5. The first-order chi connectivity index (χ1) is 18.0. The second kappa shape index (κ2) is 16.8. The molecule has 0 saturated carbocycles. The van der Waals surface area contributed by atoms with Crippen molar-refractivity contribution in [2.24, 2.45) is 0 Å². The van der Waals surface area contributed by atoms with Gasteiger partial charge in [0.1, 0.15) is 21.4 Å². The quantitative estimate of drug-likeness (QED) is 0.304. The van der Waals surface area contributed by atoms with Crippen molar-refractivity contribution >= 4 is 21.4 Å². The Hall–Kier alpha value is 0.490. The van der Waals surface area contributed by atoms with Gasteiger partial charge >= 0.3 is 0 Å². The van der Waals surface area contributed by atoms with E-state index in [0.29, 0.717) is 12.6 Å². The van der Waals surface area contributed by atoms with Gasteiger partial charge in [0, 0.05) is 78.5 Å². The molecule has 2 fully saturated rings. The molecule has 11 heteroatoms. The zero-order valence-corrected chi connectivity index (χ0v) is 28.3. The van der Waals surface area contributed by atoms with Crippen molar-refractivity contribution in [2.75, 3.05) is 134 Å². The average Bonchev–Trinajstić information content (AvgIpc) is 3.02. The largest absolute Gasteiger partial charge is 0.322 e.